The van der Waals surface area contributed by atoms with E-state index in [1.165, 1.54) is 12.1 Å². The minimum Gasteiger partial charge on any atom is -0.466 e. The van der Waals surface area contributed by atoms with Gasteiger partial charge in [-0.15, -0.1) is 0 Å². The van der Waals surface area contributed by atoms with E-state index in [2.05, 4.69) is 15.6 Å². The van der Waals surface area contributed by atoms with Crippen molar-refractivity contribution in [2.45, 2.75) is 26.1 Å². The number of hydrogen-bond acceptors (Lipinski definition) is 4. The van der Waals surface area contributed by atoms with Gasteiger partial charge in [0.15, 0.2) is 0 Å². The first kappa shape index (κ1) is 19.5. The van der Waals surface area contributed by atoms with E-state index in [1.807, 2.05) is 0 Å². The quantitative estimate of drug-likeness (QED) is 0.731. The number of urea groups is 1. The maximum absolute atomic E-state index is 13.2. The minimum absolute atomic E-state index is 0.0195. The first-order valence-corrected chi connectivity index (χ1v) is 8.02. The molecule has 0 spiro atoms. The largest absolute Gasteiger partial charge is 0.466 e. The predicted octanol–water partition coefficient (Wildman–Crippen LogP) is 2.31. The summed E-state index contributed by atoms with van der Waals surface area (Å²) in [4.78, 5) is 26.4. The van der Waals surface area contributed by atoms with Crippen molar-refractivity contribution in [1.29, 1.82) is 0 Å². The lowest BCUT2D eigenvalue weighted by atomic mass is 10.3. The Morgan fingerprint density at radius 1 is 1.19 bits per heavy atom. The summed E-state index contributed by atoms with van der Waals surface area (Å²) in [6.07, 6.45) is -4.58. The Balaban J connectivity index is 1.91. The summed E-state index contributed by atoms with van der Waals surface area (Å²) in [5, 5.41) is 4.89. The summed E-state index contributed by atoms with van der Waals surface area (Å²) in [6, 6.07) is 5.69. The molecular weight excluding hydrogens is 353 g/mol. The molecule has 26 heavy (non-hydrogen) atoms. The lowest BCUT2D eigenvalue weighted by Crippen LogP contribution is -2.38. The highest BCUT2D eigenvalue weighted by atomic mass is 19.4. The summed E-state index contributed by atoms with van der Waals surface area (Å²) in [5.41, 5.74) is 0.572. The second-order valence-electron chi connectivity index (χ2n) is 5.31. The highest BCUT2D eigenvalue weighted by Gasteiger charge is 2.37. The molecule has 2 rings (SSSR count). The lowest BCUT2D eigenvalue weighted by molar-refractivity contribution is -0.147. The fourth-order valence-electron chi connectivity index (χ4n) is 2.37. The molecule has 2 aromatic rings. The Bertz CT molecular complexity index is 774. The van der Waals surface area contributed by atoms with Crippen molar-refractivity contribution in [3.63, 3.8) is 0 Å². The number of aromatic nitrogens is 2. The monoisotopic (exact) mass is 372 g/mol. The Morgan fingerprint density at radius 3 is 2.58 bits per heavy atom. The number of rotatable bonds is 7. The second kappa shape index (κ2) is 8.54. The number of amides is 2. The third kappa shape index (κ3) is 5.11. The number of carbonyl (C=O) groups excluding carboxylic acids is 2. The molecule has 0 saturated carbocycles. The molecule has 10 heteroatoms. The molecule has 0 saturated heterocycles. The van der Waals surface area contributed by atoms with Crippen molar-refractivity contribution < 1.29 is 27.5 Å². The molecule has 1 heterocycles. The summed E-state index contributed by atoms with van der Waals surface area (Å²) < 4.78 is 45.2. The molecule has 0 bridgehead atoms. The van der Waals surface area contributed by atoms with Gasteiger partial charge in [-0.2, -0.15) is 13.2 Å². The second-order valence-corrected chi connectivity index (χ2v) is 5.31. The number of fused-ring (bicyclic) bond motifs is 1. The summed E-state index contributed by atoms with van der Waals surface area (Å²) in [7, 11) is 0. The smallest absolute Gasteiger partial charge is 0.449 e. The SMILES string of the molecule is CCOC(=O)CCNC(=O)NCCn1c(C(F)(F)F)nc2ccccc21. The molecule has 0 aliphatic rings. The number of imidazole rings is 1. The topological polar surface area (TPSA) is 85.2 Å². The van der Waals surface area contributed by atoms with E-state index in [9.17, 15) is 22.8 Å². The number of nitrogens with zero attached hydrogens (tertiary/aromatic N) is 2. The average Bonchev–Trinajstić information content (AvgIpc) is 2.94. The number of hydrogen-bond donors (Lipinski definition) is 2. The summed E-state index contributed by atoms with van der Waals surface area (Å²) >= 11 is 0. The van der Waals surface area contributed by atoms with Crippen LogP contribution in [0.2, 0.25) is 0 Å². The van der Waals surface area contributed by atoms with Crippen LogP contribution in [0, 0.1) is 0 Å². The maximum atomic E-state index is 13.2. The molecule has 2 N–H and O–H groups in total. The Kier molecular flexibility index (Phi) is 6.42. The standard InChI is InChI=1S/C16H19F3N4O3/c1-2-26-13(24)7-8-20-15(25)21-9-10-23-12-6-4-3-5-11(12)22-14(23)16(17,18)19/h3-6H,2,7-10H2,1H3,(H2,20,21,25). The molecule has 0 aliphatic heterocycles. The zero-order valence-corrected chi connectivity index (χ0v) is 14.1. The third-order valence-corrected chi connectivity index (χ3v) is 3.45. The van der Waals surface area contributed by atoms with Crippen molar-refractivity contribution in [2.24, 2.45) is 0 Å². The lowest BCUT2D eigenvalue weighted by Gasteiger charge is -2.12. The molecule has 142 valence electrons. The van der Waals surface area contributed by atoms with Crippen molar-refractivity contribution in [3.05, 3.63) is 30.1 Å². The zero-order chi connectivity index (χ0) is 19.2. The van der Waals surface area contributed by atoms with Crippen molar-refractivity contribution in [1.82, 2.24) is 20.2 Å². The Hall–Kier alpha value is -2.78. The van der Waals surface area contributed by atoms with E-state index in [0.29, 0.717) is 5.52 Å². The number of benzene rings is 1. The maximum Gasteiger partial charge on any atom is 0.449 e. The van der Waals surface area contributed by atoms with Crippen LogP contribution in [0.3, 0.4) is 0 Å². The van der Waals surface area contributed by atoms with Gasteiger partial charge in [-0.05, 0) is 19.1 Å². The van der Waals surface area contributed by atoms with E-state index < -0.39 is 24.0 Å². The molecule has 0 radical (unpaired) electrons. The van der Waals surface area contributed by atoms with Gasteiger partial charge in [-0.1, -0.05) is 12.1 Å². The molecule has 1 aromatic carbocycles. The number of carbonyl (C=O) groups is 2. The summed E-state index contributed by atoms with van der Waals surface area (Å²) in [5.74, 6) is -1.45. The van der Waals surface area contributed by atoms with Gasteiger partial charge in [0.05, 0.1) is 24.1 Å². The van der Waals surface area contributed by atoms with Crippen LogP contribution in [0.4, 0.5) is 18.0 Å². The highest BCUT2D eigenvalue weighted by Crippen LogP contribution is 2.31. The molecule has 0 unspecified atom stereocenters. The molecule has 7 nitrogen and oxygen atoms in total. The van der Waals surface area contributed by atoms with Crippen LogP contribution >= 0.6 is 0 Å². The van der Waals surface area contributed by atoms with Crippen molar-refractivity contribution >= 4 is 23.0 Å². The Morgan fingerprint density at radius 2 is 1.88 bits per heavy atom. The fraction of sp³-hybridized carbons (Fsp3) is 0.438. The van der Waals surface area contributed by atoms with Crippen LogP contribution in [-0.4, -0.2) is 41.2 Å². The molecule has 0 aliphatic carbocycles. The van der Waals surface area contributed by atoms with Gasteiger partial charge in [0.25, 0.3) is 0 Å². The average molecular weight is 372 g/mol. The van der Waals surface area contributed by atoms with Crippen LogP contribution < -0.4 is 10.6 Å². The van der Waals surface area contributed by atoms with Crippen molar-refractivity contribution in [2.75, 3.05) is 19.7 Å². The van der Waals surface area contributed by atoms with E-state index in [0.717, 1.165) is 4.57 Å². The number of nitrogens with one attached hydrogen (secondary N) is 2. The third-order valence-electron chi connectivity index (χ3n) is 3.45. The summed E-state index contributed by atoms with van der Waals surface area (Å²) in [6.45, 7) is 1.88. The molecular formula is C16H19F3N4O3. The van der Waals surface area contributed by atoms with Gasteiger partial charge in [-0.25, -0.2) is 9.78 Å². The van der Waals surface area contributed by atoms with Gasteiger partial charge < -0.3 is 19.9 Å². The van der Waals surface area contributed by atoms with Crippen LogP contribution in [0.5, 0.6) is 0 Å². The first-order valence-electron chi connectivity index (χ1n) is 8.02. The van der Waals surface area contributed by atoms with Gasteiger partial charge in [0.1, 0.15) is 0 Å². The molecule has 1 aromatic heterocycles. The number of alkyl halides is 3. The van der Waals surface area contributed by atoms with E-state index in [-0.39, 0.29) is 38.2 Å². The normalized spacial score (nSPS) is 11.4. The van der Waals surface area contributed by atoms with Crippen LogP contribution in [0.25, 0.3) is 11.0 Å². The van der Waals surface area contributed by atoms with Gasteiger partial charge in [0.2, 0.25) is 5.82 Å². The number of ether oxygens (including phenoxy) is 1. The number of para-hydroxylation sites is 2. The Labute approximate surface area is 147 Å². The van der Waals surface area contributed by atoms with E-state index >= 15 is 0 Å². The van der Waals surface area contributed by atoms with Gasteiger partial charge in [0, 0.05) is 19.6 Å². The van der Waals surface area contributed by atoms with E-state index in [4.69, 9.17) is 4.74 Å². The highest BCUT2D eigenvalue weighted by molar-refractivity contribution is 5.76. The first-order chi connectivity index (χ1) is 12.3. The number of halogens is 3. The van der Waals surface area contributed by atoms with Gasteiger partial charge >= 0.3 is 18.2 Å². The van der Waals surface area contributed by atoms with Gasteiger partial charge in [-0.3, -0.25) is 4.79 Å². The van der Waals surface area contributed by atoms with E-state index in [1.54, 1.807) is 19.1 Å². The zero-order valence-electron chi connectivity index (χ0n) is 14.1. The fourth-order valence-corrected chi connectivity index (χ4v) is 2.37. The minimum atomic E-state index is -4.60. The predicted molar refractivity (Wildman–Crippen MR) is 87.4 cm³/mol. The van der Waals surface area contributed by atoms with Crippen molar-refractivity contribution in [3.8, 4) is 0 Å². The molecule has 2 amide bonds. The number of esters is 1. The van der Waals surface area contributed by atoms with Crippen LogP contribution in [-0.2, 0) is 22.3 Å². The van der Waals surface area contributed by atoms with Crippen LogP contribution in [0.1, 0.15) is 19.2 Å². The molecule has 0 fully saturated rings. The van der Waals surface area contributed by atoms with Crippen LogP contribution in [0.15, 0.2) is 24.3 Å². The molecule has 0 atom stereocenters.